The summed E-state index contributed by atoms with van der Waals surface area (Å²) in [5, 5.41) is 9.65. The van der Waals surface area contributed by atoms with E-state index in [0.717, 1.165) is 35.4 Å². The number of ether oxygens (including phenoxy) is 1. The first kappa shape index (κ1) is 22.6. The van der Waals surface area contributed by atoms with Crippen molar-refractivity contribution in [2.24, 2.45) is 5.14 Å². The van der Waals surface area contributed by atoms with Crippen LogP contribution in [-0.2, 0) is 29.6 Å². The molecule has 158 valence electrons. The highest BCUT2D eigenvalue weighted by molar-refractivity contribution is 7.89. The maximum atomic E-state index is 11.3. The van der Waals surface area contributed by atoms with E-state index < -0.39 is 10.0 Å². The summed E-state index contributed by atoms with van der Waals surface area (Å²) in [6.45, 7) is 1.63. The number of halogens is 2. The van der Waals surface area contributed by atoms with Gasteiger partial charge in [0.15, 0.2) is 0 Å². The van der Waals surface area contributed by atoms with Crippen molar-refractivity contribution >= 4 is 33.2 Å². The Bertz CT molecular complexity index is 1080. The van der Waals surface area contributed by atoms with E-state index in [1.807, 2.05) is 24.3 Å². The van der Waals surface area contributed by atoms with E-state index in [2.05, 4.69) is 5.32 Å². The van der Waals surface area contributed by atoms with E-state index in [0.29, 0.717) is 16.6 Å². The van der Waals surface area contributed by atoms with Crippen molar-refractivity contribution in [2.75, 3.05) is 6.54 Å². The van der Waals surface area contributed by atoms with Gasteiger partial charge in [-0.2, -0.15) is 0 Å². The normalized spacial score (nSPS) is 11.4. The van der Waals surface area contributed by atoms with Gasteiger partial charge in [0, 0.05) is 27.7 Å². The molecule has 0 radical (unpaired) electrons. The molecule has 0 atom stereocenters. The number of nitrogens with two attached hydrogens (primary N) is 1. The third-order valence-electron chi connectivity index (χ3n) is 4.56. The maximum absolute atomic E-state index is 11.3. The minimum Gasteiger partial charge on any atom is -0.488 e. The Kier molecular flexibility index (Phi) is 7.75. The van der Waals surface area contributed by atoms with Crippen LogP contribution in [0.25, 0.3) is 0 Å². The first-order valence-electron chi connectivity index (χ1n) is 9.30. The van der Waals surface area contributed by atoms with Gasteiger partial charge in [-0.25, -0.2) is 13.6 Å². The second-order valence-electron chi connectivity index (χ2n) is 6.71. The minimum atomic E-state index is -3.66. The Morgan fingerprint density at radius 3 is 2.23 bits per heavy atom. The number of nitrogens with one attached hydrogen (secondary N) is 1. The van der Waals surface area contributed by atoms with Crippen LogP contribution in [0.3, 0.4) is 0 Å². The molecule has 3 aromatic rings. The molecule has 3 aromatic carbocycles. The van der Waals surface area contributed by atoms with Crippen molar-refractivity contribution < 1.29 is 13.2 Å². The fourth-order valence-corrected chi connectivity index (χ4v) is 3.93. The molecule has 0 aliphatic carbocycles. The van der Waals surface area contributed by atoms with Crippen molar-refractivity contribution in [1.29, 1.82) is 0 Å². The summed E-state index contributed by atoms with van der Waals surface area (Å²) in [6.07, 6.45) is 0.753. The van der Waals surface area contributed by atoms with Gasteiger partial charge in [-0.3, -0.25) is 0 Å². The highest BCUT2D eigenvalue weighted by atomic mass is 35.5. The summed E-state index contributed by atoms with van der Waals surface area (Å²) in [4.78, 5) is 0.115. The Morgan fingerprint density at radius 1 is 0.900 bits per heavy atom. The van der Waals surface area contributed by atoms with Crippen LogP contribution < -0.4 is 15.2 Å². The largest absolute Gasteiger partial charge is 0.488 e. The molecule has 8 heteroatoms. The molecule has 0 aromatic heterocycles. The van der Waals surface area contributed by atoms with E-state index in [1.165, 1.54) is 12.1 Å². The number of rotatable bonds is 9. The van der Waals surface area contributed by atoms with Gasteiger partial charge in [-0.1, -0.05) is 59.6 Å². The highest BCUT2D eigenvalue weighted by Crippen LogP contribution is 2.27. The molecule has 0 bridgehead atoms. The zero-order valence-corrected chi connectivity index (χ0v) is 18.5. The van der Waals surface area contributed by atoms with Crippen LogP contribution in [0.15, 0.2) is 71.6 Å². The number of hydrogen-bond acceptors (Lipinski definition) is 4. The van der Waals surface area contributed by atoms with Crippen LogP contribution in [0.4, 0.5) is 0 Å². The van der Waals surface area contributed by atoms with Crippen molar-refractivity contribution in [3.05, 3.63) is 93.5 Å². The second kappa shape index (κ2) is 10.3. The van der Waals surface area contributed by atoms with Crippen molar-refractivity contribution in [1.82, 2.24) is 5.32 Å². The average molecular weight is 465 g/mol. The molecule has 3 rings (SSSR count). The lowest BCUT2D eigenvalue weighted by atomic mass is 10.1. The topological polar surface area (TPSA) is 81.4 Å². The first-order chi connectivity index (χ1) is 14.3. The summed E-state index contributed by atoms with van der Waals surface area (Å²) in [5.41, 5.74) is 2.80. The van der Waals surface area contributed by atoms with Gasteiger partial charge < -0.3 is 10.1 Å². The fourth-order valence-electron chi connectivity index (χ4n) is 2.91. The molecule has 30 heavy (non-hydrogen) atoms. The predicted molar refractivity (Wildman–Crippen MR) is 120 cm³/mol. The second-order valence-corrected chi connectivity index (χ2v) is 9.09. The van der Waals surface area contributed by atoms with Crippen LogP contribution in [0.5, 0.6) is 5.75 Å². The fraction of sp³-hybridized carbons (Fsp3) is 0.182. The zero-order valence-electron chi connectivity index (χ0n) is 16.1. The zero-order chi connectivity index (χ0) is 21.6. The van der Waals surface area contributed by atoms with Crippen molar-refractivity contribution in [2.45, 2.75) is 24.5 Å². The maximum Gasteiger partial charge on any atom is 0.238 e. The first-order valence-corrected chi connectivity index (χ1v) is 11.6. The van der Waals surface area contributed by atoms with Gasteiger partial charge in [0.2, 0.25) is 10.0 Å². The number of hydrogen-bond donors (Lipinski definition) is 2. The highest BCUT2D eigenvalue weighted by Gasteiger charge is 2.09. The summed E-state index contributed by atoms with van der Waals surface area (Å²) in [7, 11) is -3.66. The SMILES string of the molecule is NS(=O)(=O)c1ccc(CCNCc2ccccc2OCc2c(Cl)cccc2Cl)cc1. The molecule has 3 N–H and O–H groups in total. The van der Waals surface area contributed by atoms with Crippen LogP contribution in [0.2, 0.25) is 10.0 Å². The third kappa shape index (κ3) is 6.20. The summed E-state index contributed by atoms with van der Waals surface area (Å²) < 4.78 is 28.6. The van der Waals surface area contributed by atoms with Crippen LogP contribution in [0, 0.1) is 0 Å². The molecule has 0 unspecified atom stereocenters. The van der Waals surface area contributed by atoms with Crippen molar-refractivity contribution in [3.63, 3.8) is 0 Å². The molecule has 0 saturated heterocycles. The third-order valence-corrected chi connectivity index (χ3v) is 6.20. The molecular weight excluding hydrogens is 443 g/mol. The van der Waals surface area contributed by atoms with E-state index >= 15 is 0 Å². The lowest BCUT2D eigenvalue weighted by molar-refractivity contribution is 0.302. The van der Waals surface area contributed by atoms with E-state index in [1.54, 1.807) is 30.3 Å². The smallest absolute Gasteiger partial charge is 0.238 e. The Balaban J connectivity index is 1.54. The quantitative estimate of drug-likeness (QED) is 0.455. The molecule has 0 fully saturated rings. The van der Waals surface area contributed by atoms with Crippen LogP contribution in [0.1, 0.15) is 16.7 Å². The summed E-state index contributed by atoms with van der Waals surface area (Å²) in [5.74, 6) is 0.762. The number of para-hydroxylation sites is 1. The Morgan fingerprint density at radius 2 is 1.57 bits per heavy atom. The molecule has 0 spiro atoms. The predicted octanol–water partition coefficient (Wildman–Crippen LogP) is 4.55. The minimum absolute atomic E-state index is 0.115. The number of sulfonamides is 1. The molecule has 5 nitrogen and oxygen atoms in total. The van der Waals surface area contributed by atoms with Crippen LogP contribution >= 0.6 is 23.2 Å². The Hall–Kier alpha value is -2.09. The van der Waals surface area contributed by atoms with Crippen molar-refractivity contribution in [3.8, 4) is 5.75 Å². The van der Waals surface area contributed by atoms with Gasteiger partial charge in [0.1, 0.15) is 12.4 Å². The summed E-state index contributed by atoms with van der Waals surface area (Å²) >= 11 is 12.4. The molecule has 0 aliphatic rings. The lowest BCUT2D eigenvalue weighted by Gasteiger charge is -2.14. The average Bonchev–Trinajstić information content (AvgIpc) is 2.71. The number of benzene rings is 3. The number of primary sulfonamides is 1. The standard InChI is InChI=1S/C22H22Cl2N2O3S/c23-20-5-3-6-21(24)19(20)15-29-22-7-2-1-4-17(22)14-26-13-12-16-8-10-18(11-9-16)30(25,27)28/h1-11,26H,12-15H2,(H2,25,27,28). The monoisotopic (exact) mass is 464 g/mol. The van der Waals surface area contributed by atoms with Gasteiger partial charge in [0.25, 0.3) is 0 Å². The van der Waals surface area contributed by atoms with E-state index in [9.17, 15) is 8.42 Å². The molecule has 0 amide bonds. The van der Waals surface area contributed by atoms with E-state index in [4.69, 9.17) is 33.1 Å². The van der Waals surface area contributed by atoms with Gasteiger partial charge in [0.05, 0.1) is 4.90 Å². The van der Waals surface area contributed by atoms with Crippen LogP contribution in [-0.4, -0.2) is 15.0 Å². The van der Waals surface area contributed by atoms with Gasteiger partial charge >= 0.3 is 0 Å². The molecule has 0 heterocycles. The van der Waals surface area contributed by atoms with Gasteiger partial charge in [-0.15, -0.1) is 0 Å². The molecular formula is C22H22Cl2N2O3S. The lowest BCUT2D eigenvalue weighted by Crippen LogP contribution is -2.17. The Labute approximate surface area is 186 Å². The summed E-state index contributed by atoms with van der Waals surface area (Å²) in [6, 6.07) is 19.7. The van der Waals surface area contributed by atoms with E-state index in [-0.39, 0.29) is 11.5 Å². The van der Waals surface area contributed by atoms with Gasteiger partial charge in [-0.05, 0) is 48.9 Å². The molecule has 0 aliphatic heterocycles. The molecule has 0 saturated carbocycles.